The zero-order valence-corrected chi connectivity index (χ0v) is 12.7. The number of methoxy groups -OCH3 is 1. The number of rotatable bonds is 6. The molecule has 0 aliphatic rings. The summed E-state index contributed by atoms with van der Waals surface area (Å²) in [5, 5.41) is 1.59. The Morgan fingerprint density at radius 1 is 1.14 bits per heavy atom. The third-order valence-electron chi connectivity index (χ3n) is 3.39. The van der Waals surface area contributed by atoms with Gasteiger partial charge in [0.2, 0.25) is 0 Å². The van der Waals surface area contributed by atoms with Crippen molar-refractivity contribution in [3.63, 3.8) is 0 Å². The number of hydrogen-bond donors (Lipinski definition) is 1. The molecule has 22 heavy (non-hydrogen) atoms. The maximum Gasteiger partial charge on any atom is 0.338 e. The van der Waals surface area contributed by atoms with Crippen molar-refractivity contribution in [3.05, 3.63) is 41.5 Å². The van der Waals surface area contributed by atoms with Crippen LogP contribution in [0.25, 0.3) is 10.8 Å². The second-order valence-electron chi connectivity index (χ2n) is 4.97. The predicted molar refractivity (Wildman–Crippen MR) is 84.2 cm³/mol. The van der Waals surface area contributed by atoms with E-state index in [4.69, 9.17) is 15.2 Å². The Bertz CT molecular complexity index is 709. The third kappa shape index (κ3) is 3.36. The fraction of sp³-hybridized carbons (Fsp3) is 0.294. The van der Waals surface area contributed by atoms with E-state index in [2.05, 4.69) is 0 Å². The van der Waals surface area contributed by atoms with E-state index in [0.717, 1.165) is 23.6 Å². The molecule has 0 saturated heterocycles. The smallest absolute Gasteiger partial charge is 0.338 e. The summed E-state index contributed by atoms with van der Waals surface area (Å²) in [6.45, 7) is 2.44. The highest BCUT2D eigenvalue weighted by Gasteiger charge is 2.13. The molecule has 0 spiro atoms. The molecule has 0 atom stereocenters. The zero-order chi connectivity index (χ0) is 16.1. The van der Waals surface area contributed by atoms with Gasteiger partial charge in [0.05, 0.1) is 24.8 Å². The summed E-state index contributed by atoms with van der Waals surface area (Å²) < 4.78 is 10.4. The molecule has 1 amide bonds. The Morgan fingerprint density at radius 2 is 1.91 bits per heavy atom. The lowest BCUT2D eigenvalue weighted by atomic mass is 10.0. The first kappa shape index (κ1) is 15.8. The summed E-state index contributed by atoms with van der Waals surface area (Å²) >= 11 is 0. The van der Waals surface area contributed by atoms with Crippen LogP contribution >= 0.6 is 0 Å². The van der Waals surface area contributed by atoms with Crippen molar-refractivity contribution in [2.45, 2.75) is 19.8 Å². The molecular formula is C17H19NO4. The molecule has 116 valence electrons. The van der Waals surface area contributed by atoms with Crippen molar-refractivity contribution in [2.75, 3.05) is 13.7 Å². The van der Waals surface area contributed by atoms with Crippen LogP contribution in [-0.2, 0) is 4.74 Å². The Kier molecular flexibility index (Phi) is 4.99. The van der Waals surface area contributed by atoms with Gasteiger partial charge >= 0.3 is 5.97 Å². The van der Waals surface area contributed by atoms with Gasteiger partial charge in [0.15, 0.2) is 0 Å². The molecule has 0 fully saturated rings. The molecule has 0 saturated carbocycles. The number of hydrogen-bond acceptors (Lipinski definition) is 4. The van der Waals surface area contributed by atoms with Crippen LogP contribution in [0.1, 0.15) is 40.5 Å². The average Bonchev–Trinajstić information content (AvgIpc) is 2.53. The van der Waals surface area contributed by atoms with E-state index in [1.54, 1.807) is 30.3 Å². The minimum atomic E-state index is -0.574. The van der Waals surface area contributed by atoms with Crippen LogP contribution < -0.4 is 10.5 Å². The van der Waals surface area contributed by atoms with E-state index < -0.39 is 5.91 Å². The molecule has 0 radical (unpaired) electrons. The van der Waals surface area contributed by atoms with Crippen LogP contribution in [0.3, 0.4) is 0 Å². The van der Waals surface area contributed by atoms with E-state index in [1.807, 2.05) is 6.92 Å². The van der Waals surface area contributed by atoms with E-state index in [9.17, 15) is 9.59 Å². The highest BCUT2D eigenvalue weighted by Crippen LogP contribution is 2.26. The van der Waals surface area contributed by atoms with Gasteiger partial charge in [-0.1, -0.05) is 19.4 Å². The van der Waals surface area contributed by atoms with Crippen LogP contribution in [0.15, 0.2) is 30.3 Å². The number of carbonyl (C=O) groups excluding carboxylic acids is 2. The van der Waals surface area contributed by atoms with Crippen molar-refractivity contribution in [2.24, 2.45) is 5.73 Å². The summed E-state index contributed by atoms with van der Waals surface area (Å²) in [6, 6.07) is 8.52. The molecule has 0 aliphatic heterocycles. The van der Waals surface area contributed by atoms with Crippen LogP contribution in [-0.4, -0.2) is 25.6 Å². The number of amides is 1. The third-order valence-corrected chi connectivity index (χ3v) is 3.39. The number of nitrogens with two attached hydrogens (primary N) is 1. The number of esters is 1. The predicted octanol–water partition coefficient (Wildman–Crippen LogP) is 2.90. The maximum atomic E-state index is 12.0. The highest BCUT2D eigenvalue weighted by molar-refractivity contribution is 6.02. The summed E-state index contributed by atoms with van der Waals surface area (Å²) in [6.07, 6.45) is 1.80. The van der Waals surface area contributed by atoms with E-state index in [0.29, 0.717) is 17.9 Å². The van der Waals surface area contributed by atoms with Gasteiger partial charge in [0.1, 0.15) is 5.75 Å². The largest absolute Gasteiger partial charge is 0.496 e. The number of benzene rings is 2. The Balaban J connectivity index is 2.37. The second-order valence-corrected chi connectivity index (χ2v) is 4.97. The molecule has 2 aromatic carbocycles. The molecule has 0 bridgehead atoms. The molecule has 5 nitrogen and oxygen atoms in total. The lowest BCUT2D eigenvalue weighted by molar-refractivity contribution is 0.0500. The lowest BCUT2D eigenvalue weighted by Crippen LogP contribution is -2.12. The fourth-order valence-corrected chi connectivity index (χ4v) is 2.16. The minimum absolute atomic E-state index is 0.284. The highest BCUT2D eigenvalue weighted by atomic mass is 16.5. The first-order valence-electron chi connectivity index (χ1n) is 7.15. The monoisotopic (exact) mass is 301 g/mol. The van der Waals surface area contributed by atoms with Crippen molar-refractivity contribution in [1.29, 1.82) is 0 Å². The first-order valence-corrected chi connectivity index (χ1v) is 7.15. The van der Waals surface area contributed by atoms with Gasteiger partial charge in [-0.15, -0.1) is 0 Å². The van der Waals surface area contributed by atoms with Gasteiger partial charge in [-0.05, 0) is 41.5 Å². The molecule has 0 heterocycles. The van der Waals surface area contributed by atoms with Crippen molar-refractivity contribution in [1.82, 2.24) is 0 Å². The molecule has 0 aliphatic carbocycles. The Hall–Kier alpha value is -2.56. The van der Waals surface area contributed by atoms with Gasteiger partial charge in [-0.25, -0.2) is 4.79 Å². The molecular weight excluding hydrogens is 282 g/mol. The van der Waals surface area contributed by atoms with Gasteiger partial charge in [-0.2, -0.15) is 0 Å². The Labute approximate surface area is 129 Å². The van der Waals surface area contributed by atoms with Crippen molar-refractivity contribution in [3.8, 4) is 5.75 Å². The van der Waals surface area contributed by atoms with Gasteiger partial charge in [-0.3, -0.25) is 4.79 Å². The molecule has 2 rings (SSSR count). The SMILES string of the molecule is CCCCOC(=O)c1ccc2cc(OC)c(C(N)=O)cc2c1. The number of primary amides is 1. The number of ether oxygens (including phenoxy) is 2. The maximum absolute atomic E-state index is 12.0. The van der Waals surface area contributed by atoms with Crippen molar-refractivity contribution < 1.29 is 19.1 Å². The van der Waals surface area contributed by atoms with Crippen molar-refractivity contribution >= 4 is 22.6 Å². The molecule has 2 N–H and O–H groups in total. The second kappa shape index (κ2) is 6.93. The Morgan fingerprint density at radius 3 is 2.55 bits per heavy atom. The molecule has 0 unspecified atom stereocenters. The summed E-state index contributed by atoms with van der Waals surface area (Å²) in [5.41, 5.74) is 6.08. The zero-order valence-electron chi connectivity index (χ0n) is 12.7. The van der Waals surface area contributed by atoms with E-state index >= 15 is 0 Å². The van der Waals surface area contributed by atoms with Crippen LogP contribution in [0.4, 0.5) is 0 Å². The van der Waals surface area contributed by atoms with Crippen LogP contribution in [0, 0.1) is 0 Å². The summed E-state index contributed by atoms with van der Waals surface area (Å²) in [5.74, 6) is -0.528. The minimum Gasteiger partial charge on any atom is -0.496 e. The topological polar surface area (TPSA) is 78.6 Å². The number of unbranched alkanes of at least 4 members (excludes halogenated alkanes) is 1. The summed E-state index contributed by atoms with van der Waals surface area (Å²) in [4.78, 5) is 23.4. The lowest BCUT2D eigenvalue weighted by Gasteiger charge is -2.09. The molecule has 2 aromatic rings. The number of carbonyl (C=O) groups is 2. The van der Waals surface area contributed by atoms with Gasteiger partial charge in [0, 0.05) is 0 Å². The summed E-state index contributed by atoms with van der Waals surface area (Å²) in [7, 11) is 1.48. The molecule has 0 aromatic heterocycles. The standard InChI is InChI=1S/C17H19NO4/c1-3-4-7-22-17(20)12-6-5-11-10-15(21-2)14(16(18)19)9-13(11)8-12/h5-6,8-10H,3-4,7H2,1-2H3,(H2,18,19). The quantitative estimate of drug-likeness (QED) is 0.657. The average molecular weight is 301 g/mol. The fourth-order valence-electron chi connectivity index (χ4n) is 2.16. The van der Waals surface area contributed by atoms with Gasteiger partial charge in [0.25, 0.3) is 5.91 Å². The van der Waals surface area contributed by atoms with Crippen LogP contribution in [0.2, 0.25) is 0 Å². The van der Waals surface area contributed by atoms with E-state index in [-0.39, 0.29) is 11.5 Å². The molecule has 5 heteroatoms. The number of fused-ring (bicyclic) bond motifs is 1. The first-order chi connectivity index (χ1) is 10.6. The van der Waals surface area contributed by atoms with E-state index in [1.165, 1.54) is 7.11 Å². The normalized spacial score (nSPS) is 10.5. The van der Waals surface area contributed by atoms with Crippen LogP contribution in [0.5, 0.6) is 5.75 Å². The van der Waals surface area contributed by atoms with Gasteiger partial charge < -0.3 is 15.2 Å².